The molecule has 0 aliphatic rings. The summed E-state index contributed by atoms with van der Waals surface area (Å²) in [5, 5.41) is 6.12. The van der Waals surface area contributed by atoms with Crippen molar-refractivity contribution in [3.63, 3.8) is 0 Å². The van der Waals surface area contributed by atoms with E-state index in [1.807, 2.05) is 6.07 Å². The predicted molar refractivity (Wildman–Crippen MR) is 94.4 cm³/mol. The molecule has 2 aromatic carbocycles. The fourth-order valence-corrected chi connectivity index (χ4v) is 2.11. The van der Waals surface area contributed by atoms with E-state index in [1.54, 1.807) is 24.3 Å². The monoisotopic (exact) mass is 385 g/mol. The molecule has 3 aromatic rings. The molecule has 0 bridgehead atoms. The van der Waals surface area contributed by atoms with E-state index in [4.69, 9.17) is 14.0 Å². The molecule has 0 atom stereocenters. The number of hydrogen-bond acceptors (Lipinski definition) is 7. The number of esters is 1. The van der Waals surface area contributed by atoms with Crippen LogP contribution in [0.3, 0.4) is 0 Å². The van der Waals surface area contributed by atoms with Gasteiger partial charge in [0.2, 0.25) is 5.82 Å². The van der Waals surface area contributed by atoms with E-state index in [2.05, 4.69) is 15.5 Å². The van der Waals surface area contributed by atoms with Crippen LogP contribution in [0.2, 0.25) is 0 Å². The zero-order valence-electron chi connectivity index (χ0n) is 14.6. The number of carbonyl (C=O) groups is 2. The molecule has 1 heterocycles. The van der Waals surface area contributed by atoms with Gasteiger partial charge >= 0.3 is 5.97 Å². The van der Waals surface area contributed by atoms with Gasteiger partial charge in [0.25, 0.3) is 11.8 Å². The van der Waals surface area contributed by atoms with E-state index in [0.29, 0.717) is 11.3 Å². The minimum absolute atomic E-state index is 0.0754. The third kappa shape index (κ3) is 5.63. The SMILES string of the molecule is O=C(COc1ccccc1)NCC(=O)OCc1nc(-c2ccc(F)cc2)no1. The number of benzene rings is 2. The minimum atomic E-state index is -0.672. The molecule has 0 fully saturated rings. The van der Waals surface area contributed by atoms with Crippen LogP contribution in [0.4, 0.5) is 4.39 Å². The lowest BCUT2D eigenvalue weighted by Gasteiger charge is -2.07. The van der Waals surface area contributed by atoms with Crippen LogP contribution < -0.4 is 10.1 Å². The van der Waals surface area contributed by atoms with Crippen LogP contribution in [0.25, 0.3) is 11.4 Å². The van der Waals surface area contributed by atoms with Crippen LogP contribution in [-0.4, -0.2) is 35.2 Å². The van der Waals surface area contributed by atoms with Crippen molar-refractivity contribution >= 4 is 11.9 Å². The number of rotatable bonds is 8. The number of carbonyl (C=O) groups excluding carboxylic acids is 2. The van der Waals surface area contributed by atoms with Gasteiger partial charge in [0.05, 0.1) is 0 Å². The fourth-order valence-electron chi connectivity index (χ4n) is 2.11. The second-order valence-corrected chi connectivity index (χ2v) is 5.56. The Morgan fingerprint density at radius 1 is 1.07 bits per heavy atom. The van der Waals surface area contributed by atoms with Crippen molar-refractivity contribution in [2.75, 3.05) is 13.2 Å². The van der Waals surface area contributed by atoms with Gasteiger partial charge in [-0.05, 0) is 36.4 Å². The number of hydrogen-bond donors (Lipinski definition) is 1. The molecule has 0 radical (unpaired) electrons. The minimum Gasteiger partial charge on any atom is -0.484 e. The van der Waals surface area contributed by atoms with Crippen molar-refractivity contribution in [2.24, 2.45) is 0 Å². The standard InChI is InChI=1S/C19H16FN3O5/c20-14-8-6-13(7-9-14)19-22-17(28-23-19)12-27-18(25)10-21-16(24)11-26-15-4-2-1-3-5-15/h1-9H,10-12H2,(H,21,24). The molecule has 0 saturated carbocycles. The number of nitrogens with one attached hydrogen (secondary N) is 1. The average Bonchev–Trinajstić information content (AvgIpc) is 3.19. The molecule has 9 heteroatoms. The quantitative estimate of drug-likeness (QED) is 0.592. The molecule has 0 spiro atoms. The maximum absolute atomic E-state index is 12.9. The number of halogens is 1. The highest BCUT2D eigenvalue weighted by Crippen LogP contribution is 2.16. The van der Waals surface area contributed by atoms with E-state index in [-0.39, 0.29) is 37.3 Å². The van der Waals surface area contributed by atoms with Crippen LogP contribution in [0.5, 0.6) is 5.75 Å². The summed E-state index contributed by atoms with van der Waals surface area (Å²) in [7, 11) is 0. The molecule has 0 aliphatic carbocycles. The van der Waals surface area contributed by atoms with Crippen LogP contribution in [-0.2, 0) is 20.9 Å². The second-order valence-electron chi connectivity index (χ2n) is 5.56. The third-order valence-corrected chi connectivity index (χ3v) is 3.47. The Morgan fingerprint density at radius 3 is 2.57 bits per heavy atom. The fraction of sp³-hybridized carbons (Fsp3) is 0.158. The third-order valence-electron chi connectivity index (χ3n) is 3.47. The molecule has 1 amide bonds. The number of nitrogens with zero attached hydrogens (tertiary/aromatic N) is 2. The normalized spacial score (nSPS) is 10.3. The van der Waals surface area contributed by atoms with Crippen molar-refractivity contribution in [2.45, 2.75) is 6.61 Å². The summed E-state index contributed by atoms with van der Waals surface area (Å²) in [6, 6.07) is 14.4. The molecule has 0 saturated heterocycles. The van der Waals surface area contributed by atoms with Crippen molar-refractivity contribution in [3.05, 3.63) is 66.3 Å². The molecule has 144 valence electrons. The topological polar surface area (TPSA) is 104 Å². The number of ether oxygens (including phenoxy) is 2. The first kappa shape index (κ1) is 19.0. The first-order valence-electron chi connectivity index (χ1n) is 8.29. The lowest BCUT2D eigenvalue weighted by atomic mass is 10.2. The molecular weight excluding hydrogens is 369 g/mol. The summed E-state index contributed by atoms with van der Waals surface area (Å²) in [6.07, 6.45) is 0. The van der Waals surface area contributed by atoms with E-state index < -0.39 is 11.9 Å². The van der Waals surface area contributed by atoms with E-state index in [0.717, 1.165) is 0 Å². The van der Waals surface area contributed by atoms with Crippen molar-refractivity contribution in [1.82, 2.24) is 15.5 Å². The van der Waals surface area contributed by atoms with E-state index >= 15 is 0 Å². The van der Waals surface area contributed by atoms with E-state index in [1.165, 1.54) is 24.3 Å². The maximum atomic E-state index is 12.9. The molecular formula is C19H16FN3O5. The summed E-state index contributed by atoms with van der Waals surface area (Å²) in [5.41, 5.74) is 0.563. The molecule has 8 nitrogen and oxygen atoms in total. The Bertz CT molecular complexity index is 928. The summed E-state index contributed by atoms with van der Waals surface area (Å²) in [5.74, 6) is -0.637. The van der Waals surface area contributed by atoms with Gasteiger partial charge < -0.3 is 19.3 Å². The maximum Gasteiger partial charge on any atom is 0.325 e. The molecule has 1 aromatic heterocycles. The van der Waals surface area contributed by atoms with Gasteiger partial charge in [-0.1, -0.05) is 23.4 Å². The lowest BCUT2D eigenvalue weighted by molar-refractivity contribution is -0.146. The lowest BCUT2D eigenvalue weighted by Crippen LogP contribution is -2.34. The van der Waals surface area contributed by atoms with Crippen LogP contribution in [0, 0.1) is 5.82 Å². The van der Waals surface area contributed by atoms with Gasteiger partial charge in [0, 0.05) is 5.56 Å². The van der Waals surface area contributed by atoms with Crippen molar-refractivity contribution in [3.8, 4) is 17.1 Å². The Labute approximate surface area is 159 Å². The largest absolute Gasteiger partial charge is 0.484 e. The number of para-hydroxylation sites is 1. The van der Waals surface area contributed by atoms with E-state index in [9.17, 15) is 14.0 Å². The van der Waals surface area contributed by atoms with Crippen LogP contribution >= 0.6 is 0 Å². The van der Waals surface area contributed by atoms with Crippen molar-refractivity contribution in [1.29, 1.82) is 0 Å². The zero-order chi connectivity index (χ0) is 19.8. The Balaban J connectivity index is 1.38. The van der Waals surface area contributed by atoms with Gasteiger partial charge in [-0.15, -0.1) is 0 Å². The second kappa shape index (κ2) is 9.26. The Hall–Kier alpha value is -3.75. The summed E-state index contributed by atoms with van der Waals surface area (Å²) in [6.45, 7) is -0.790. The van der Waals surface area contributed by atoms with Gasteiger partial charge in [-0.2, -0.15) is 4.98 Å². The smallest absolute Gasteiger partial charge is 0.325 e. The summed E-state index contributed by atoms with van der Waals surface area (Å²) < 4.78 is 28.1. The summed E-state index contributed by atoms with van der Waals surface area (Å²) in [4.78, 5) is 27.4. The highest BCUT2D eigenvalue weighted by Gasteiger charge is 2.12. The number of amides is 1. The van der Waals surface area contributed by atoms with Crippen LogP contribution in [0.1, 0.15) is 5.89 Å². The first-order chi connectivity index (χ1) is 13.6. The van der Waals surface area contributed by atoms with Crippen LogP contribution in [0.15, 0.2) is 59.1 Å². The average molecular weight is 385 g/mol. The molecule has 0 unspecified atom stereocenters. The first-order valence-corrected chi connectivity index (χ1v) is 8.29. The molecule has 28 heavy (non-hydrogen) atoms. The zero-order valence-corrected chi connectivity index (χ0v) is 14.6. The molecule has 3 rings (SSSR count). The van der Waals surface area contributed by atoms with Gasteiger partial charge in [-0.25, -0.2) is 4.39 Å². The molecule has 0 aliphatic heterocycles. The number of aromatic nitrogens is 2. The van der Waals surface area contributed by atoms with Gasteiger partial charge in [0.1, 0.15) is 18.1 Å². The Morgan fingerprint density at radius 2 is 1.82 bits per heavy atom. The molecule has 1 N–H and O–H groups in total. The highest BCUT2D eigenvalue weighted by molar-refractivity contribution is 5.82. The van der Waals surface area contributed by atoms with Gasteiger partial charge in [-0.3, -0.25) is 9.59 Å². The predicted octanol–water partition coefficient (Wildman–Crippen LogP) is 2.11. The van der Waals surface area contributed by atoms with Crippen molar-refractivity contribution < 1.29 is 28.0 Å². The van der Waals surface area contributed by atoms with Gasteiger partial charge in [0.15, 0.2) is 13.2 Å². The Kier molecular flexibility index (Phi) is 6.29. The summed E-state index contributed by atoms with van der Waals surface area (Å²) >= 11 is 0. The highest BCUT2D eigenvalue weighted by atomic mass is 19.1.